The second kappa shape index (κ2) is 7.14. The number of rotatable bonds is 1. The molecule has 2 fully saturated rings. The lowest BCUT2D eigenvalue weighted by molar-refractivity contribution is -0.192. The largest absolute Gasteiger partial charge is 0.490 e. The van der Waals surface area contributed by atoms with Crippen molar-refractivity contribution in [3.63, 3.8) is 0 Å². The van der Waals surface area contributed by atoms with Crippen molar-refractivity contribution >= 4 is 23.3 Å². The molecule has 0 unspecified atom stereocenters. The van der Waals surface area contributed by atoms with E-state index in [0.29, 0.717) is 10.4 Å². The summed E-state index contributed by atoms with van der Waals surface area (Å²) in [7, 11) is 0. The molecule has 134 valence electrons. The van der Waals surface area contributed by atoms with E-state index in [1.54, 1.807) is 6.07 Å². The van der Waals surface area contributed by atoms with Gasteiger partial charge in [0.25, 0.3) is 0 Å². The zero-order chi connectivity index (χ0) is 18.0. The van der Waals surface area contributed by atoms with Crippen molar-refractivity contribution in [2.75, 3.05) is 31.1 Å². The minimum absolute atomic E-state index is 0.212. The third kappa shape index (κ3) is 4.51. The number of hydrogen-bond acceptors (Lipinski definition) is 3. The first-order valence-corrected chi connectivity index (χ1v) is 7.72. The molecule has 9 heteroatoms. The lowest BCUT2D eigenvalue weighted by atomic mass is 9.72. The van der Waals surface area contributed by atoms with E-state index >= 15 is 0 Å². The van der Waals surface area contributed by atoms with Crippen LogP contribution in [0.3, 0.4) is 0 Å². The van der Waals surface area contributed by atoms with E-state index in [2.05, 4.69) is 10.2 Å². The summed E-state index contributed by atoms with van der Waals surface area (Å²) in [6.45, 7) is 4.23. The topological polar surface area (TPSA) is 52.6 Å². The Hall–Kier alpha value is -1.54. The normalized spacial score (nSPS) is 19.3. The first-order chi connectivity index (χ1) is 11.1. The fourth-order valence-electron chi connectivity index (χ4n) is 2.94. The van der Waals surface area contributed by atoms with Gasteiger partial charge in [0.15, 0.2) is 0 Å². The molecule has 0 aromatic heterocycles. The van der Waals surface area contributed by atoms with Crippen LogP contribution in [0, 0.1) is 11.2 Å². The number of benzene rings is 1. The summed E-state index contributed by atoms with van der Waals surface area (Å²) in [6.07, 6.45) is -2.65. The minimum atomic E-state index is -5.08. The molecule has 3 rings (SSSR count). The predicted molar refractivity (Wildman–Crippen MR) is 81.9 cm³/mol. The summed E-state index contributed by atoms with van der Waals surface area (Å²) in [5, 5.41) is 11.2. The third-order valence-electron chi connectivity index (χ3n) is 4.21. The van der Waals surface area contributed by atoms with Gasteiger partial charge in [-0.15, -0.1) is 0 Å². The van der Waals surface area contributed by atoms with Gasteiger partial charge < -0.3 is 15.3 Å². The number of carboxylic acid groups (broad SMARTS) is 1. The summed E-state index contributed by atoms with van der Waals surface area (Å²) in [6, 6.07) is 4.59. The van der Waals surface area contributed by atoms with E-state index in [1.165, 1.54) is 25.0 Å². The van der Waals surface area contributed by atoms with Crippen LogP contribution in [-0.4, -0.2) is 43.4 Å². The van der Waals surface area contributed by atoms with E-state index in [4.69, 9.17) is 21.5 Å². The highest BCUT2D eigenvalue weighted by Crippen LogP contribution is 2.43. The molecule has 4 nitrogen and oxygen atoms in total. The van der Waals surface area contributed by atoms with Crippen molar-refractivity contribution in [2.24, 2.45) is 5.41 Å². The second-order valence-corrected chi connectivity index (χ2v) is 6.41. The van der Waals surface area contributed by atoms with Crippen molar-refractivity contribution in [1.82, 2.24) is 5.32 Å². The van der Waals surface area contributed by atoms with Crippen LogP contribution in [0.1, 0.15) is 12.8 Å². The molecule has 24 heavy (non-hydrogen) atoms. The number of halogens is 5. The van der Waals surface area contributed by atoms with Crippen molar-refractivity contribution in [2.45, 2.75) is 19.0 Å². The highest BCUT2D eigenvalue weighted by Gasteiger charge is 2.43. The predicted octanol–water partition coefficient (Wildman–Crippen LogP) is 3.30. The van der Waals surface area contributed by atoms with Gasteiger partial charge in [0.05, 0.1) is 10.7 Å². The number of carboxylic acids is 1. The van der Waals surface area contributed by atoms with Gasteiger partial charge >= 0.3 is 12.1 Å². The molecule has 0 aliphatic carbocycles. The molecule has 0 radical (unpaired) electrons. The highest BCUT2D eigenvalue weighted by atomic mass is 35.5. The minimum Gasteiger partial charge on any atom is -0.475 e. The van der Waals surface area contributed by atoms with Crippen LogP contribution in [0.2, 0.25) is 5.02 Å². The maximum atomic E-state index is 13.2. The number of nitrogens with one attached hydrogen (secondary N) is 1. The fraction of sp³-hybridized carbons (Fsp3) is 0.533. The van der Waals surface area contributed by atoms with Crippen molar-refractivity contribution in [3.8, 4) is 0 Å². The molecule has 0 bridgehead atoms. The molecule has 2 saturated heterocycles. The Morgan fingerprint density at radius 1 is 1.25 bits per heavy atom. The van der Waals surface area contributed by atoms with Crippen LogP contribution >= 0.6 is 11.6 Å². The number of piperidine rings is 1. The number of anilines is 1. The molecule has 1 aromatic carbocycles. The number of nitrogens with zero attached hydrogens (tertiary/aromatic N) is 1. The van der Waals surface area contributed by atoms with Gasteiger partial charge in [-0.2, -0.15) is 13.2 Å². The van der Waals surface area contributed by atoms with E-state index in [9.17, 15) is 17.6 Å². The Kier molecular flexibility index (Phi) is 5.59. The number of hydrogen-bond donors (Lipinski definition) is 2. The SMILES string of the molecule is Fc1ccc(Cl)c(N2CC3(CCNCC3)C2)c1.O=C(O)C(F)(F)F. The second-order valence-electron chi connectivity index (χ2n) is 6.00. The molecule has 0 amide bonds. The lowest BCUT2D eigenvalue weighted by Gasteiger charge is -2.53. The molecule has 2 heterocycles. The monoisotopic (exact) mass is 368 g/mol. The van der Waals surface area contributed by atoms with Gasteiger partial charge in [0.1, 0.15) is 5.82 Å². The molecule has 2 aliphatic rings. The van der Waals surface area contributed by atoms with Gasteiger partial charge in [-0.25, -0.2) is 9.18 Å². The average Bonchev–Trinajstić information content (AvgIpc) is 2.48. The van der Waals surface area contributed by atoms with Crippen molar-refractivity contribution in [3.05, 3.63) is 29.0 Å². The van der Waals surface area contributed by atoms with Gasteiger partial charge in [-0.1, -0.05) is 11.6 Å². The summed E-state index contributed by atoms with van der Waals surface area (Å²) in [5.41, 5.74) is 1.29. The first-order valence-electron chi connectivity index (χ1n) is 7.34. The van der Waals surface area contributed by atoms with Crippen LogP contribution in [0.4, 0.5) is 23.2 Å². The standard InChI is InChI=1S/C13H16ClFN2.C2HF3O2/c14-11-2-1-10(15)7-12(11)17-8-13(9-17)3-5-16-6-4-13;3-2(4,5)1(6)7/h1-2,7,16H,3-6,8-9H2;(H,6,7). The Morgan fingerprint density at radius 2 is 1.79 bits per heavy atom. The van der Waals surface area contributed by atoms with Gasteiger partial charge in [0, 0.05) is 18.5 Å². The zero-order valence-electron chi connectivity index (χ0n) is 12.7. The highest BCUT2D eigenvalue weighted by molar-refractivity contribution is 6.33. The summed E-state index contributed by atoms with van der Waals surface area (Å²) >= 11 is 6.11. The quantitative estimate of drug-likeness (QED) is 0.747. The maximum Gasteiger partial charge on any atom is 0.490 e. The molecular formula is C15H17ClF4N2O2. The number of carbonyl (C=O) groups is 1. The Balaban J connectivity index is 0.000000256. The first kappa shape index (κ1) is 18.8. The third-order valence-corrected chi connectivity index (χ3v) is 4.53. The van der Waals surface area contributed by atoms with Crippen LogP contribution in [0.15, 0.2) is 18.2 Å². The lowest BCUT2D eigenvalue weighted by Crippen LogP contribution is -2.60. The molecular weight excluding hydrogens is 352 g/mol. The maximum absolute atomic E-state index is 13.2. The van der Waals surface area contributed by atoms with E-state index in [1.807, 2.05) is 0 Å². The molecule has 0 atom stereocenters. The zero-order valence-corrected chi connectivity index (χ0v) is 13.4. The molecule has 0 saturated carbocycles. The van der Waals surface area contributed by atoms with Gasteiger partial charge in [-0.05, 0) is 44.1 Å². The van der Waals surface area contributed by atoms with Crippen LogP contribution < -0.4 is 10.2 Å². The molecule has 1 aromatic rings. The summed E-state index contributed by atoms with van der Waals surface area (Å²) < 4.78 is 44.9. The fourth-order valence-corrected chi connectivity index (χ4v) is 3.17. The smallest absolute Gasteiger partial charge is 0.475 e. The Bertz CT molecular complexity index is 596. The van der Waals surface area contributed by atoms with Gasteiger partial charge in [-0.3, -0.25) is 0 Å². The summed E-state index contributed by atoms with van der Waals surface area (Å²) in [5.74, 6) is -2.97. The van der Waals surface area contributed by atoms with E-state index in [-0.39, 0.29) is 5.82 Å². The Morgan fingerprint density at radius 3 is 2.29 bits per heavy atom. The number of aliphatic carboxylic acids is 1. The Labute approximate surface area is 141 Å². The van der Waals surface area contributed by atoms with Crippen molar-refractivity contribution in [1.29, 1.82) is 0 Å². The van der Waals surface area contributed by atoms with Crippen LogP contribution in [0.5, 0.6) is 0 Å². The summed E-state index contributed by atoms with van der Waals surface area (Å²) in [4.78, 5) is 11.1. The van der Waals surface area contributed by atoms with Crippen LogP contribution in [0.25, 0.3) is 0 Å². The van der Waals surface area contributed by atoms with Crippen molar-refractivity contribution < 1.29 is 27.5 Å². The van der Waals surface area contributed by atoms with Crippen LogP contribution in [-0.2, 0) is 4.79 Å². The molecule has 2 N–H and O–H groups in total. The van der Waals surface area contributed by atoms with Gasteiger partial charge in [0.2, 0.25) is 0 Å². The van der Waals surface area contributed by atoms with E-state index < -0.39 is 12.1 Å². The molecule has 1 spiro atoms. The van der Waals surface area contributed by atoms with E-state index in [0.717, 1.165) is 31.9 Å². The molecule has 2 aliphatic heterocycles. The number of alkyl halides is 3. The average molecular weight is 369 g/mol.